The summed E-state index contributed by atoms with van der Waals surface area (Å²) in [5.41, 5.74) is -1.85. The Bertz CT molecular complexity index is 401. The Morgan fingerprint density at radius 1 is 1.59 bits per heavy atom. The highest BCUT2D eigenvalue weighted by Gasteiger charge is 2.40. The van der Waals surface area contributed by atoms with Gasteiger partial charge >= 0.3 is 12.1 Å². The van der Waals surface area contributed by atoms with Crippen molar-refractivity contribution in [2.75, 3.05) is 13.2 Å². The molecular weight excluding hydrogens is 241 g/mol. The molecule has 0 radical (unpaired) electrons. The number of esters is 1. The van der Waals surface area contributed by atoms with Crippen LogP contribution in [0.25, 0.3) is 0 Å². The fraction of sp³-hybridized carbons (Fsp3) is 0.556. The highest BCUT2D eigenvalue weighted by Crippen LogP contribution is 2.32. The van der Waals surface area contributed by atoms with Gasteiger partial charge in [0, 0.05) is 0 Å². The van der Waals surface area contributed by atoms with Crippen LogP contribution in [0.1, 0.15) is 23.0 Å². The van der Waals surface area contributed by atoms with E-state index < -0.39 is 30.0 Å². The van der Waals surface area contributed by atoms with Crippen LogP contribution in [0.3, 0.4) is 0 Å². The standard InChI is InChI=1S/C9H11F3N2O3/c1-2-17-8(16)6-5-13-14(3-4-15)7(6)9(10,11)12/h5,15H,2-4H2,1H3. The molecule has 1 aromatic heterocycles. The number of ether oxygens (including phenoxy) is 1. The molecule has 0 fully saturated rings. The number of rotatable bonds is 4. The Morgan fingerprint density at radius 3 is 2.71 bits per heavy atom. The minimum atomic E-state index is -4.73. The third kappa shape index (κ3) is 2.96. The lowest BCUT2D eigenvalue weighted by atomic mass is 10.2. The second-order valence-electron chi connectivity index (χ2n) is 3.07. The first-order valence-electron chi connectivity index (χ1n) is 4.82. The molecule has 5 nitrogen and oxygen atoms in total. The maximum atomic E-state index is 12.7. The van der Waals surface area contributed by atoms with Gasteiger partial charge in [-0.2, -0.15) is 18.3 Å². The van der Waals surface area contributed by atoms with E-state index in [1.807, 2.05) is 0 Å². The van der Waals surface area contributed by atoms with Crippen molar-refractivity contribution in [3.63, 3.8) is 0 Å². The Hall–Kier alpha value is -1.57. The van der Waals surface area contributed by atoms with Gasteiger partial charge in [0.15, 0.2) is 5.69 Å². The SMILES string of the molecule is CCOC(=O)c1cnn(CCO)c1C(F)(F)F. The summed E-state index contributed by atoms with van der Waals surface area (Å²) in [6, 6.07) is 0. The summed E-state index contributed by atoms with van der Waals surface area (Å²) in [5.74, 6) is -1.08. The highest BCUT2D eigenvalue weighted by molar-refractivity contribution is 5.90. The van der Waals surface area contributed by atoms with E-state index in [4.69, 9.17) is 5.11 Å². The molecule has 0 aliphatic carbocycles. The van der Waals surface area contributed by atoms with E-state index in [1.165, 1.54) is 6.92 Å². The topological polar surface area (TPSA) is 64.3 Å². The predicted molar refractivity (Wildman–Crippen MR) is 50.3 cm³/mol. The van der Waals surface area contributed by atoms with Crippen LogP contribution in [-0.4, -0.2) is 34.1 Å². The number of aliphatic hydroxyl groups is 1. The monoisotopic (exact) mass is 252 g/mol. The van der Waals surface area contributed by atoms with Gasteiger partial charge in [-0.05, 0) is 6.92 Å². The molecule has 0 bridgehead atoms. The smallest absolute Gasteiger partial charge is 0.433 e. The molecule has 0 saturated heterocycles. The van der Waals surface area contributed by atoms with Crippen molar-refractivity contribution in [2.45, 2.75) is 19.6 Å². The van der Waals surface area contributed by atoms with Crippen molar-refractivity contribution in [1.82, 2.24) is 9.78 Å². The van der Waals surface area contributed by atoms with Crippen molar-refractivity contribution in [3.05, 3.63) is 17.5 Å². The van der Waals surface area contributed by atoms with Crippen molar-refractivity contribution in [3.8, 4) is 0 Å². The number of nitrogens with zero attached hydrogens (tertiary/aromatic N) is 2. The zero-order valence-electron chi connectivity index (χ0n) is 8.99. The normalized spacial score (nSPS) is 11.6. The summed E-state index contributed by atoms with van der Waals surface area (Å²) < 4.78 is 43.2. The summed E-state index contributed by atoms with van der Waals surface area (Å²) >= 11 is 0. The molecule has 0 amide bonds. The maximum absolute atomic E-state index is 12.7. The first-order chi connectivity index (χ1) is 7.91. The van der Waals surface area contributed by atoms with Gasteiger partial charge in [0.25, 0.3) is 0 Å². The molecule has 96 valence electrons. The largest absolute Gasteiger partial charge is 0.462 e. The van der Waals surface area contributed by atoms with E-state index in [1.54, 1.807) is 0 Å². The Labute approximate surface area is 94.8 Å². The van der Waals surface area contributed by atoms with Gasteiger partial charge in [-0.15, -0.1) is 0 Å². The zero-order chi connectivity index (χ0) is 13.1. The Kier molecular flexibility index (Phi) is 4.11. The van der Waals surface area contributed by atoms with Crippen LogP contribution in [0.15, 0.2) is 6.20 Å². The van der Waals surface area contributed by atoms with Crippen LogP contribution >= 0.6 is 0 Å². The lowest BCUT2D eigenvalue weighted by molar-refractivity contribution is -0.144. The van der Waals surface area contributed by atoms with Crippen LogP contribution in [-0.2, 0) is 17.5 Å². The van der Waals surface area contributed by atoms with Crippen LogP contribution in [0, 0.1) is 0 Å². The van der Waals surface area contributed by atoms with E-state index in [9.17, 15) is 18.0 Å². The predicted octanol–water partition coefficient (Wildman–Crippen LogP) is 1.07. The number of alkyl halides is 3. The Morgan fingerprint density at radius 2 is 2.24 bits per heavy atom. The minimum absolute atomic E-state index is 0.0265. The van der Waals surface area contributed by atoms with E-state index >= 15 is 0 Å². The molecule has 0 atom stereocenters. The van der Waals surface area contributed by atoms with Gasteiger partial charge < -0.3 is 9.84 Å². The first-order valence-corrected chi connectivity index (χ1v) is 4.82. The van der Waals surface area contributed by atoms with Crippen molar-refractivity contribution in [1.29, 1.82) is 0 Å². The molecule has 0 saturated carbocycles. The fourth-order valence-corrected chi connectivity index (χ4v) is 1.31. The molecule has 0 aliphatic rings. The van der Waals surface area contributed by atoms with Crippen molar-refractivity contribution >= 4 is 5.97 Å². The third-order valence-corrected chi connectivity index (χ3v) is 1.92. The summed E-state index contributed by atoms with van der Waals surface area (Å²) in [7, 11) is 0. The molecule has 1 heterocycles. The van der Waals surface area contributed by atoms with Crippen LogP contribution in [0.4, 0.5) is 13.2 Å². The number of hydrogen-bond donors (Lipinski definition) is 1. The first kappa shape index (κ1) is 13.5. The number of carbonyl (C=O) groups is 1. The molecule has 0 unspecified atom stereocenters. The van der Waals surface area contributed by atoms with Crippen LogP contribution < -0.4 is 0 Å². The number of hydrogen-bond acceptors (Lipinski definition) is 4. The number of carbonyl (C=O) groups excluding carboxylic acids is 1. The molecule has 0 aromatic carbocycles. The number of halogens is 3. The van der Waals surface area contributed by atoms with Gasteiger partial charge in [-0.25, -0.2) is 4.79 Å². The van der Waals surface area contributed by atoms with Gasteiger partial charge in [-0.1, -0.05) is 0 Å². The summed E-state index contributed by atoms with van der Waals surface area (Å²) in [6.07, 6.45) is -3.94. The number of aromatic nitrogens is 2. The van der Waals surface area contributed by atoms with Crippen LogP contribution in [0.5, 0.6) is 0 Å². The van der Waals surface area contributed by atoms with Crippen LogP contribution in [0.2, 0.25) is 0 Å². The van der Waals surface area contributed by atoms with Gasteiger partial charge in [0.1, 0.15) is 5.56 Å². The van der Waals surface area contributed by atoms with Crippen molar-refractivity contribution < 1.29 is 27.8 Å². The van der Waals surface area contributed by atoms with E-state index in [-0.39, 0.29) is 13.2 Å². The lowest BCUT2D eigenvalue weighted by Crippen LogP contribution is -2.20. The molecule has 1 aromatic rings. The number of aliphatic hydroxyl groups excluding tert-OH is 1. The average Bonchev–Trinajstić information content (AvgIpc) is 2.62. The van der Waals surface area contributed by atoms with Gasteiger partial charge in [0.05, 0.1) is 26.0 Å². The second-order valence-corrected chi connectivity index (χ2v) is 3.07. The van der Waals surface area contributed by atoms with E-state index in [2.05, 4.69) is 9.84 Å². The molecule has 0 spiro atoms. The molecule has 0 aliphatic heterocycles. The fourth-order valence-electron chi connectivity index (χ4n) is 1.31. The maximum Gasteiger partial charge on any atom is 0.433 e. The third-order valence-electron chi connectivity index (χ3n) is 1.92. The van der Waals surface area contributed by atoms with E-state index in [0.29, 0.717) is 4.68 Å². The molecule has 17 heavy (non-hydrogen) atoms. The summed E-state index contributed by atoms with van der Waals surface area (Å²) in [5, 5.41) is 12.0. The minimum Gasteiger partial charge on any atom is -0.462 e. The average molecular weight is 252 g/mol. The second kappa shape index (κ2) is 5.17. The molecule has 8 heteroatoms. The summed E-state index contributed by atoms with van der Waals surface area (Å²) in [4.78, 5) is 11.3. The zero-order valence-corrected chi connectivity index (χ0v) is 8.99. The Balaban J connectivity index is 3.18. The lowest BCUT2D eigenvalue weighted by Gasteiger charge is -2.11. The van der Waals surface area contributed by atoms with Crippen molar-refractivity contribution in [2.24, 2.45) is 0 Å². The highest BCUT2D eigenvalue weighted by atomic mass is 19.4. The molecular formula is C9H11F3N2O3. The summed E-state index contributed by atoms with van der Waals surface area (Å²) in [6.45, 7) is 0.617. The van der Waals surface area contributed by atoms with E-state index in [0.717, 1.165) is 6.20 Å². The molecule has 1 N–H and O–H groups in total. The van der Waals surface area contributed by atoms with Gasteiger partial charge in [0.2, 0.25) is 0 Å². The van der Waals surface area contributed by atoms with Gasteiger partial charge in [-0.3, -0.25) is 4.68 Å². The quantitative estimate of drug-likeness (QED) is 0.814. The molecule has 1 rings (SSSR count).